The molecule has 0 spiro atoms. The van der Waals surface area contributed by atoms with Crippen molar-refractivity contribution in [1.82, 2.24) is 15.3 Å². The fraction of sp³-hybridized carbons (Fsp3) is 0.360. The molecule has 0 saturated carbocycles. The molecule has 0 saturated heterocycles. The number of nitrogens with zero attached hydrogens (tertiary/aromatic N) is 4. The average molecular weight is 449 g/mol. The minimum atomic E-state index is -0.230. The van der Waals surface area contributed by atoms with E-state index in [0.717, 1.165) is 34.6 Å². The fourth-order valence-corrected chi connectivity index (χ4v) is 3.52. The average Bonchev–Trinajstić information content (AvgIpc) is 2.84. The summed E-state index contributed by atoms with van der Waals surface area (Å²) in [7, 11) is 4.99. The first-order chi connectivity index (χ1) is 16.0. The number of ether oxygens (including phenoxy) is 2. The first kappa shape index (κ1) is 24.1. The summed E-state index contributed by atoms with van der Waals surface area (Å²) < 4.78 is 11.0. The smallest absolute Gasteiger partial charge is 0.133 e. The van der Waals surface area contributed by atoms with Gasteiger partial charge in [0.15, 0.2) is 0 Å². The molecule has 174 valence electrons. The van der Waals surface area contributed by atoms with Crippen molar-refractivity contribution >= 4 is 35.0 Å². The van der Waals surface area contributed by atoms with E-state index < -0.39 is 0 Å². The number of methoxy groups -OCH3 is 2. The van der Waals surface area contributed by atoms with Crippen molar-refractivity contribution in [3.8, 4) is 11.5 Å². The van der Waals surface area contributed by atoms with Crippen LogP contribution in [0.4, 0.5) is 11.5 Å². The van der Waals surface area contributed by atoms with E-state index in [4.69, 9.17) is 19.9 Å². The van der Waals surface area contributed by atoms with Crippen molar-refractivity contribution < 1.29 is 9.47 Å². The van der Waals surface area contributed by atoms with Gasteiger partial charge in [-0.05, 0) is 23.8 Å². The number of pyridine rings is 2. The van der Waals surface area contributed by atoms with Gasteiger partial charge in [0.1, 0.15) is 17.3 Å². The lowest BCUT2D eigenvalue weighted by atomic mass is 10.0. The second-order valence-electron chi connectivity index (χ2n) is 7.91. The summed E-state index contributed by atoms with van der Waals surface area (Å²) >= 11 is 0. The highest BCUT2D eigenvalue weighted by Gasteiger charge is 2.16. The lowest BCUT2D eigenvalue weighted by molar-refractivity contribution is 0.394. The summed E-state index contributed by atoms with van der Waals surface area (Å²) in [6.45, 7) is 5.73. The Hall–Kier alpha value is -3.52. The predicted molar refractivity (Wildman–Crippen MR) is 135 cm³/mol. The SMILES string of the molecule is CN=CC(C=N)c1cnc2ccc(N(CCNC(C)C)c3cc(OC)cc(OC)c3)nc2c1. The maximum atomic E-state index is 7.72. The minimum Gasteiger partial charge on any atom is -0.497 e. The van der Waals surface area contributed by atoms with E-state index in [1.165, 1.54) is 6.21 Å². The van der Waals surface area contributed by atoms with E-state index in [1.54, 1.807) is 33.7 Å². The topological polar surface area (TPSA) is 95.7 Å². The zero-order valence-electron chi connectivity index (χ0n) is 19.9. The quantitative estimate of drug-likeness (QED) is 0.427. The number of anilines is 2. The van der Waals surface area contributed by atoms with E-state index in [2.05, 4.69) is 34.0 Å². The molecule has 3 rings (SSSR count). The van der Waals surface area contributed by atoms with E-state index in [1.807, 2.05) is 36.4 Å². The van der Waals surface area contributed by atoms with Crippen molar-refractivity contribution in [1.29, 1.82) is 5.41 Å². The first-order valence-electron chi connectivity index (χ1n) is 10.9. The van der Waals surface area contributed by atoms with Crippen molar-refractivity contribution in [2.75, 3.05) is 39.3 Å². The fourth-order valence-electron chi connectivity index (χ4n) is 3.52. The molecule has 0 fully saturated rings. The van der Waals surface area contributed by atoms with Gasteiger partial charge < -0.3 is 25.1 Å². The molecule has 8 heteroatoms. The van der Waals surface area contributed by atoms with Crippen LogP contribution in [0.15, 0.2) is 47.6 Å². The van der Waals surface area contributed by atoms with Gasteiger partial charge in [-0.1, -0.05) is 13.8 Å². The second-order valence-corrected chi connectivity index (χ2v) is 7.91. The third-order valence-electron chi connectivity index (χ3n) is 5.23. The molecule has 0 aliphatic carbocycles. The van der Waals surface area contributed by atoms with Crippen LogP contribution in [-0.4, -0.2) is 62.8 Å². The Morgan fingerprint density at radius 3 is 2.42 bits per heavy atom. The van der Waals surface area contributed by atoms with Gasteiger partial charge in [-0.15, -0.1) is 0 Å². The molecular weight excluding hydrogens is 416 g/mol. The monoisotopic (exact) mass is 448 g/mol. The Labute approximate surface area is 195 Å². The largest absolute Gasteiger partial charge is 0.497 e. The minimum absolute atomic E-state index is 0.230. The van der Waals surface area contributed by atoms with E-state index in [-0.39, 0.29) is 5.92 Å². The van der Waals surface area contributed by atoms with Gasteiger partial charge >= 0.3 is 0 Å². The van der Waals surface area contributed by atoms with Gasteiger partial charge in [-0.25, -0.2) is 4.98 Å². The second kappa shape index (κ2) is 11.4. The molecule has 1 unspecified atom stereocenters. The van der Waals surface area contributed by atoms with Crippen LogP contribution in [0.25, 0.3) is 11.0 Å². The Morgan fingerprint density at radius 1 is 1.09 bits per heavy atom. The molecule has 0 amide bonds. The summed E-state index contributed by atoms with van der Waals surface area (Å²) in [5.41, 5.74) is 3.35. The first-order valence-corrected chi connectivity index (χ1v) is 10.9. The molecule has 1 atom stereocenters. The van der Waals surface area contributed by atoms with Crippen molar-refractivity contribution in [3.05, 3.63) is 48.2 Å². The number of aromatic nitrogens is 2. The Kier molecular flexibility index (Phi) is 8.32. The standard InChI is InChI=1S/C25H32N6O2/c1-17(2)28-8-9-31(20-11-21(32-4)13-22(12-20)33-5)25-7-6-23-24(30-25)10-18(16-29-23)19(14-26)15-27-3/h6-7,10-17,19,26,28H,8-9H2,1-5H3. The van der Waals surface area contributed by atoms with Crippen molar-refractivity contribution in [3.63, 3.8) is 0 Å². The third kappa shape index (κ3) is 6.04. The van der Waals surface area contributed by atoms with Crippen LogP contribution < -0.4 is 19.7 Å². The van der Waals surface area contributed by atoms with Crippen LogP contribution in [0, 0.1) is 5.41 Å². The Bertz CT molecular complexity index is 1090. The van der Waals surface area contributed by atoms with Crippen molar-refractivity contribution in [2.45, 2.75) is 25.8 Å². The van der Waals surface area contributed by atoms with Crippen LogP contribution in [-0.2, 0) is 0 Å². The van der Waals surface area contributed by atoms with Gasteiger partial charge in [0.25, 0.3) is 0 Å². The lowest BCUT2D eigenvalue weighted by Crippen LogP contribution is -2.33. The van der Waals surface area contributed by atoms with Gasteiger partial charge in [-0.3, -0.25) is 9.98 Å². The highest BCUT2D eigenvalue weighted by Crippen LogP contribution is 2.32. The van der Waals surface area contributed by atoms with Gasteiger partial charge in [0, 0.05) is 68.7 Å². The summed E-state index contributed by atoms with van der Waals surface area (Å²) in [6.07, 6.45) is 4.86. The molecular formula is C25H32N6O2. The summed E-state index contributed by atoms with van der Waals surface area (Å²) in [5.74, 6) is 1.98. The molecule has 0 aliphatic heterocycles. The molecule has 0 aliphatic rings. The highest BCUT2D eigenvalue weighted by molar-refractivity contribution is 5.90. The van der Waals surface area contributed by atoms with Crippen LogP contribution in [0.1, 0.15) is 25.3 Å². The predicted octanol–water partition coefficient (Wildman–Crippen LogP) is 4.22. The number of fused-ring (bicyclic) bond motifs is 1. The van der Waals surface area contributed by atoms with Gasteiger partial charge in [-0.2, -0.15) is 0 Å². The Morgan fingerprint density at radius 2 is 1.82 bits per heavy atom. The molecule has 1 aromatic carbocycles. The maximum absolute atomic E-state index is 7.72. The maximum Gasteiger partial charge on any atom is 0.133 e. The number of hydrogen-bond acceptors (Lipinski definition) is 8. The number of nitrogens with one attached hydrogen (secondary N) is 2. The number of rotatable bonds is 11. The van der Waals surface area contributed by atoms with E-state index in [9.17, 15) is 0 Å². The van der Waals surface area contributed by atoms with Gasteiger partial charge in [0.05, 0.1) is 31.2 Å². The number of benzene rings is 1. The normalized spacial score (nSPS) is 12.3. The van der Waals surface area contributed by atoms with Gasteiger partial charge in [0.2, 0.25) is 0 Å². The molecule has 2 N–H and O–H groups in total. The van der Waals surface area contributed by atoms with Crippen molar-refractivity contribution in [2.24, 2.45) is 4.99 Å². The molecule has 2 aromatic heterocycles. The molecule has 0 bridgehead atoms. The summed E-state index contributed by atoms with van der Waals surface area (Å²) in [6, 6.07) is 12.1. The molecule has 3 aromatic rings. The Balaban J connectivity index is 2.06. The van der Waals surface area contributed by atoms with E-state index in [0.29, 0.717) is 24.1 Å². The zero-order chi connectivity index (χ0) is 23.8. The van der Waals surface area contributed by atoms with E-state index >= 15 is 0 Å². The summed E-state index contributed by atoms with van der Waals surface area (Å²) in [4.78, 5) is 15.7. The molecule has 8 nitrogen and oxygen atoms in total. The summed E-state index contributed by atoms with van der Waals surface area (Å²) in [5, 5.41) is 11.2. The molecule has 2 heterocycles. The van der Waals surface area contributed by atoms with Crippen LogP contribution in [0.2, 0.25) is 0 Å². The zero-order valence-corrected chi connectivity index (χ0v) is 19.9. The number of hydrogen-bond donors (Lipinski definition) is 2. The van der Waals surface area contributed by atoms with Crippen LogP contribution >= 0.6 is 0 Å². The highest BCUT2D eigenvalue weighted by atomic mass is 16.5. The molecule has 33 heavy (non-hydrogen) atoms. The third-order valence-corrected chi connectivity index (χ3v) is 5.23. The number of aliphatic imine (C=N–C) groups is 1. The molecule has 0 radical (unpaired) electrons. The van der Waals surface area contributed by atoms with Crippen LogP contribution in [0.3, 0.4) is 0 Å². The van der Waals surface area contributed by atoms with Crippen LogP contribution in [0.5, 0.6) is 11.5 Å². The lowest BCUT2D eigenvalue weighted by Gasteiger charge is -2.26.